The van der Waals surface area contributed by atoms with Gasteiger partial charge in [0.1, 0.15) is 22.3 Å². The molecule has 0 spiro atoms. The molecule has 0 unspecified atom stereocenters. The minimum absolute atomic E-state index is 0.408. The highest BCUT2D eigenvalue weighted by Crippen LogP contribution is 2.29. The predicted octanol–water partition coefficient (Wildman–Crippen LogP) is 0.980. The summed E-state index contributed by atoms with van der Waals surface area (Å²) in [5, 5.41) is 12.1. The number of phenolic OH excluding ortho intramolecular Hbond substituents is 1. The Morgan fingerprint density at radius 2 is 1.69 bits per heavy atom. The Hall–Kier alpha value is -2.21. The number of aromatic hydroxyl groups is 1. The predicted molar refractivity (Wildman–Crippen MR) is 105 cm³/mol. The third kappa shape index (κ3) is 6.39. The zero-order valence-corrected chi connectivity index (χ0v) is 18.6. The average molecular weight is 432 g/mol. The highest BCUT2D eigenvalue weighted by molar-refractivity contribution is 7.89. The van der Waals surface area contributed by atoms with Gasteiger partial charge in [-0.15, -0.1) is 4.41 Å². The highest BCUT2D eigenvalue weighted by atomic mass is 32.2. The lowest BCUT2D eigenvalue weighted by Crippen LogP contribution is -2.54. The molecule has 0 fully saturated rings. The summed E-state index contributed by atoms with van der Waals surface area (Å²) in [6.45, 7) is 4.88. The molecule has 0 aromatic heterocycles. The number of esters is 1. The number of phenols is 1. The normalized spacial score (nSPS) is 13.4. The van der Waals surface area contributed by atoms with E-state index in [9.17, 15) is 23.1 Å². The maximum atomic E-state index is 13.3. The average Bonchev–Trinajstić information content (AvgIpc) is 2.58. The molecule has 11 heteroatoms. The van der Waals surface area contributed by atoms with Crippen LogP contribution in [0.15, 0.2) is 29.2 Å². The smallest absolute Gasteiger partial charge is 0.327 e. The van der Waals surface area contributed by atoms with Gasteiger partial charge in [-0.05, 0) is 32.9 Å². The molecule has 1 aromatic carbocycles. The van der Waals surface area contributed by atoms with Crippen LogP contribution in [0.4, 0.5) is 0 Å². The van der Waals surface area contributed by atoms with Crippen molar-refractivity contribution in [1.82, 2.24) is 14.5 Å². The summed E-state index contributed by atoms with van der Waals surface area (Å²) in [6.07, 6.45) is -0.537. The number of hydrogen-bond donors (Lipinski definition) is 1. The molecule has 1 atom stereocenters. The van der Waals surface area contributed by atoms with Gasteiger partial charge in [-0.2, -0.15) is 0 Å². The topological polar surface area (TPSA) is 117 Å². The van der Waals surface area contributed by atoms with Gasteiger partial charge in [0, 0.05) is 21.1 Å². The molecule has 0 saturated heterocycles. The fraction of sp³-hybridized carbons (Fsp3) is 0.556. The number of ether oxygens (including phenoxy) is 1. The van der Waals surface area contributed by atoms with Crippen molar-refractivity contribution in [3.8, 4) is 5.75 Å². The van der Waals surface area contributed by atoms with E-state index in [4.69, 9.17) is 9.57 Å². The lowest BCUT2D eigenvalue weighted by atomic mass is 10.1. The first-order chi connectivity index (χ1) is 13.2. The van der Waals surface area contributed by atoms with Gasteiger partial charge < -0.3 is 9.84 Å². The Morgan fingerprint density at radius 3 is 2.14 bits per heavy atom. The van der Waals surface area contributed by atoms with Crippen molar-refractivity contribution in [2.45, 2.75) is 43.7 Å². The molecule has 29 heavy (non-hydrogen) atoms. The van der Waals surface area contributed by atoms with Crippen LogP contribution in [0, 0.1) is 0 Å². The molecule has 164 valence electrons. The number of nitrogens with zero attached hydrogens (tertiary/aromatic N) is 3. The van der Waals surface area contributed by atoms with Gasteiger partial charge in [0.05, 0.1) is 13.5 Å². The fourth-order valence-corrected chi connectivity index (χ4v) is 4.16. The molecule has 1 rings (SSSR count). The third-order valence-corrected chi connectivity index (χ3v) is 5.70. The number of hydroxylamine groups is 2. The van der Waals surface area contributed by atoms with Crippen LogP contribution in [0.3, 0.4) is 0 Å². The van der Waals surface area contributed by atoms with Crippen molar-refractivity contribution in [1.29, 1.82) is 0 Å². The first-order valence-corrected chi connectivity index (χ1v) is 10.2. The summed E-state index contributed by atoms with van der Waals surface area (Å²) in [6, 6.07) is 3.80. The number of benzene rings is 1. The number of hydrazine groups is 1. The minimum Gasteiger partial charge on any atom is -0.507 e. The van der Waals surface area contributed by atoms with E-state index in [-0.39, 0.29) is 0 Å². The second-order valence-corrected chi connectivity index (χ2v) is 9.18. The number of para-hydroxylation sites is 1. The molecular formula is C18H29N3O7S. The lowest BCUT2D eigenvalue weighted by Gasteiger charge is -2.35. The molecule has 0 heterocycles. The van der Waals surface area contributed by atoms with Crippen LogP contribution < -0.4 is 0 Å². The Bertz CT molecular complexity index is 834. The molecule has 0 aliphatic rings. The summed E-state index contributed by atoms with van der Waals surface area (Å²) in [5.41, 5.74) is -0.915. The van der Waals surface area contributed by atoms with Gasteiger partial charge in [-0.25, -0.2) is 18.5 Å². The maximum absolute atomic E-state index is 13.3. The van der Waals surface area contributed by atoms with Crippen LogP contribution in [-0.2, 0) is 29.2 Å². The Kier molecular flexibility index (Phi) is 8.16. The summed E-state index contributed by atoms with van der Waals surface area (Å²) >= 11 is 0. The molecule has 1 aromatic rings. The van der Waals surface area contributed by atoms with Crippen molar-refractivity contribution in [2.24, 2.45) is 0 Å². The number of carbonyl (C=O) groups is 2. The van der Waals surface area contributed by atoms with Gasteiger partial charge >= 0.3 is 5.97 Å². The van der Waals surface area contributed by atoms with Crippen molar-refractivity contribution in [3.05, 3.63) is 24.3 Å². The molecule has 1 N–H and O–H groups in total. The molecule has 10 nitrogen and oxygen atoms in total. The summed E-state index contributed by atoms with van der Waals surface area (Å²) in [7, 11) is 0.998. The van der Waals surface area contributed by atoms with E-state index in [0.717, 1.165) is 14.5 Å². The number of hydrogen-bond acceptors (Lipinski definition) is 8. The van der Waals surface area contributed by atoms with Crippen molar-refractivity contribution in [2.75, 3.05) is 28.3 Å². The van der Waals surface area contributed by atoms with Gasteiger partial charge in [-0.1, -0.05) is 12.1 Å². The van der Waals surface area contributed by atoms with E-state index >= 15 is 0 Å². The van der Waals surface area contributed by atoms with Gasteiger partial charge in [0.25, 0.3) is 10.0 Å². The van der Waals surface area contributed by atoms with E-state index in [1.807, 2.05) is 0 Å². The SMILES string of the molecule is CON(C)C(=O)C[C@@H](C(=O)OC(C)(C)C)N(N(C)C)S(=O)(=O)c1ccccc1O. The lowest BCUT2D eigenvalue weighted by molar-refractivity contribution is -0.176. The van der Waals surface area contributed by atoms with Crippen LogP contribution in [0.1, 0.15) is 27.2 Å². The van der Waals surface area contributed by atoms with E-state index in [1.54, 1.807) is 20.8 Å². The number of sulfonamides is 1. The molecule has 0 aliphatic carbocycles. The fourth-order valence-electron chi connectivity index (χ4n) is 2.45. The largest absolute Gasteiger partial charge is 0.507 e. The van der Waals surface area contributed by atoms with Crippen molar-refractivity contribution < 1.29 is 32.7 Å². The van der Waals surface area contributed by atoms with Crippen molar-refractivity contribution >= 4 is 21.9 Å². The van der Waals surface area contributed by atoms with Gasteiger partial charge in [0.2, 0.25) is 5.91 Å². The van der Waals surface area contributed by atoms with Gasteiger partial charge in [0.15, 0.2) is 0 Å². The first-order valence-electron chi connectivity index (χ1n) is 8.75. The quantitative estimate of drug-likeness (QED) is 0.478. The summed E-state index contributed by atoms with van der Waals surface area (Å²) < 4.78 is 32.7. The number of rotatable bonds is 8. The second kappa shape index (κ2) is 9.53. The number of amides is 1. The monoisotopic (exact) mass is 431 g/mol. The Morgan fingerprint density at radius 1 is 1.14 bits per heavy atom. The third-order valence-electron chi connectivity index (χ3n) is 3.72. The minimum atomic E-state index is -4.41. The molecule has 1 amide bonds. The van der Waals surface area contributed by atoms with Crippen LogP contribution in [0.25, 0.3) is 0 Å². The van der Waals surface area contributed by atoms with Crippen LogP contribution in [-0.4, -0.2) is 79.8 Å². The van der Waals surface area contributed by atoms with E-state index in [0.29, 0.717) is 0 Å². The molecule has 0 aliphatic heterocycles. The van der Waals surface area contributed by atoms with Crippen LogP contribution in [0.2, 0.25) is 0 Å². The zero-order valence-electron chi connectivity index (χ0n) is 17.7. The van der Waals surface area contributed by atoms with Crippen molar-refractivity contribution in [3.63, 3.8) is 0 Å². The molecule has 0 saturated carbocycles. The highest BCUT2D eigenvalue weighted by Gasteiger charge is 2.42. The van der Waals surface area contributed by atoms with Crippen LogP contribution >= 0.6 is 0 Å². The Balaban J connectivity index is 3.52. The summed E-state index contributed by atoms with van der Waals surface area (Å²) in [5.74, 6) is -2.03. The van der Waals surface area contributed by atoms with E-state index < -0.39 is 50.6 Å². The first kappa shape index (κ1) is 24.8. The number of carbonyl (C=O) groups excluding carboxylic acids is 2. The molecule has 0 bridgehead atoms. The standard InChI is InChI=1S/C18H29N3O7S/c1-18(2,3)28-17(24)13(12-16(23)20(6)27-7)21(19(4)5)29(25,26)15-11-9-8-10-14(15)22/h8-11,13,22H,12H2,1-7H3/t13-/m0/s1. The molecule has 0 radical (unpaired) electrons. The molecular weight excluding hydrogens is 402 g/mol. The van der Waals surface area contributed by atoms with E-state index in [1.165, 1.54) is 52.5 Å². The summed E-state index contributed by atoms with van der Waals surface area (Å²) in [4.78, 5) is 29.7. The van der Waals surface area contributed by atoms with Crippen LogP contribution in [0.5, 0.6) is 5.75 Å². The maximum Gasteiger partial charge on any atom is 0.327 e. The Labute approximate surface area is 171 Å². The zero-order chi connectivity index (χ0) is 22.6. The second-order valence-electron chi connectivity index (χ2n) is 7.42. The van der Waals surface area contributed by atoms with E-state index in [2.05, 4.69) is 0 Å². The van der Waals surface area contributed by atoms with Gasteiger partial charge in [-0.3, -0.25) is 14.4 Å².